The van der Waals surface area contributed by atoms with Crippen LogP contribution in [0.15, 0.2) is 28.7 Å². The fourth-order valence-electron chi connectivity index (χ4n) is 1.98. The first-order valence-corrected chi connectivity index (χ1v) is 8.36. The molecule has 7 heteroatoms. The molecule has 104 valence electrons. The number of amides is 1. The molecule has 0 bridgehead atoms. The van der Waals surface area contributed by atoms with Crippen molar-refractivity contribution in [3.05, 3.63) is 28.7 Å². The van der Waals surface area contributed by atoms with Gasteiger partial charge in [-0.25, -0.2) is 0 Å². The van der Waals surface area contributed by atoms with Gasteiger partial charge in [0.2, 0.25) is 5.91 Å². The highest BCUT2D eigenvalue weighted by atomic mass is 79.9. The maximum atomic E-state index is 11.9. The highest BCUT2D eigenvalue weighted by Crippen LogP contribution is 2.26. The van der Waals surface area contributed by atoms with Crippen molar-refractivity contribution in [1.82, 2.24) is 0 Å². The van der Waals surface area contributed by atoms with Crippen LogP contribution in [0.1, 0.15) is 6.42 Å². The van der Waals surface area contributed by atoms with Crippen LogP contribution in [-0.4, -0.2) is 33.7 Å². The average molecular weight is 348 g/mol. The maximum absolute atomic E-state index is 11.9. The Morgan fingerprint density at radius 2 is 2.00 bits per heavy atom. The fourth-order valence-corrected chi connectivity index (χ4v) is 2.69. The second-order valence-electron chi connectivity index (χ2n) is 4.54. The van der Waals surface area contributed by atoms with Crippen molar-refractivity contribution in [3.8, 4) is 0 Å². The number of halogens is 1. The van der Waals surface area contributed by atoms with E-state index in [1.807, 2.05) is 24.3 Å². The molecule has 1 unspecified atom stereocenters. The zero-order valence-electron chi connectivity index (χ0n) is 10.4. The van der Waals surface area contributed by atoms with E-state index in [2.05, 4.69) is 15.9 Å². The van der Waals surface area contributed by atoms with Crippen molar-refractivity contribution < 1.29 is 17.4 Å². The highest BCUT2D eigenvalue weighted by Gasteiger charge is 2.31. The molecule has 5 nitrogen and oxygen atoms in total. The summed E-state index contributed by atoms with van der Waals surface area (Å²) in [6, 6.07) is 7.43. The van der Waals surface area contributed by atoms with E-state index in [0.29, 0.717) is 13.0 Å². The molecule has 0 spiro atoms. The van der Waals surface area contributed by atoms with Crippen LogP contribution in [0.5, 0.6) is 0 Å². The number of anilines is 1. The summed E-state index contributed by atoms with van der Waals surface area (Å²) in [4.78, 5) is 13.6. The molecule has 0 saturated carbocycles. The Hall–Kier alpha value is -0.920. The van der Waals surface area contributed by atoms with E-state index in [4.69, 9.17) is 4.18 Å². The van der Waals surface area contributed by atoms with Crippen molar-refractivity contribution in [2.24, 2.45) is 5.92 Å². The number of rotatable bonds is 4. The summed E-state index contributed by atoms with van der Waals surface area (Å²) in [5.74, 6) is -0.102. The summed E-state index contributed by atoms with van der Waals surface area (Å²) in [7, 11) is -3.45. The second kappa shape index (κ2) is 5.60. The lowest BCUT2D eigenvalue weighted by atomic mass is 10.1. The molecule has 1 saturated heterocycles. The molecule has 0 aromatic heterocycles. The maximum Gasteiger partial charge on any atom is 0.264 e. The number of nitrogens with zero attached hydrogens (tertiary/aromatic N) is 1. The Labute approximate surface area is 120 Å². The van der Waals surface area contributed by atoms with E-state index in [1.165, 1.54) is 0 Å². The van der Waals surface area contributed by atoms with Crippen LogP contribution < -0.4 is 4.90 Å². The van der Waals surface area contributed by atoms with E-state index >= 15 is 0 Å². The van der Waals surface area contributed by atoms with Crippen LogP contribution in [0.25, 0.3) is 0 Å². The summed E-state index contributed by atoms with van der Waals surface area (Å²) < 4.78 is 27.6. The van der Waals surface area contributed by atoms with Gasteiger partial charge in [-0.2, -0.15) is 8.42 Å². The first-order chi connectivity index (χ1) is 8.85. The van der Waals surface area contributed by atoms with Crippen molar-refractivity contribution in [1.29, 1.82) is 0 Å². The lowest BCUT2D eigenvalue weighted by Gasteiger charge is -2.16. The third-order valence-corrected chi connectivity index (χ3v) is 3.95. The Kier molecular flexibility index (Phi) is 4.27. The van der Waals surface area contributed by atoms with E-state index in [1.54, 1.807) is 4.90 Å². The van der Waals surface area contributed by atoms with E-state index in [9.17, 15) is 13.2 Å². The van der Waals surface area contributed by atoms with Gasteiger partial charge in [0.1, 0.15) is 0 Å². The van der Waals surface area contributed by atoms with E-state index in [0.717, 1.165) is 16.4 Å². The van der Waals surface area contributed by atoms with Crippen LogP contribution in [0.4, 0.5) is 5.69 Å². The van der Waals surface area contributed by atoms with Crippen LogP contribution in [0.2, 0.25) is 0 Å². The van der Waals surface area contributed by atoms with Crippen molar-refractivity contribution in [2.45, 2.75) is 6.42 Å². The molecule has 19 heavy (non-hydrogen) atoms. The Morgan fingerprint density at radius 3 is 2.58 bits per heavy atom. The predicted molar refractivity (Wildman–Crippen MR) is 75.4 cm³/mol. The topological polar surface area (TPSA) is 63.7 Å². The number of hydrogen-bond donors (Lipinski definition) is 0. The highest BCUT2D eigenvalue weighted by molar-refractivity contribution is 9.10. The lowest BCUT2D eigenvalue weighted by molar-refractivity contribution is -0.117. The minimum atomic E-state index is -3.45. The number of benzene rings is 1. The van der Waals surface area contributed by atoms with Gasteiger partial charge in [-0.3, -0.25) is 8.98 Å². The van der Waals surface area contributed by atoms with Gasteiger partial charge in [0.25, 0.3) is 10.1 Å². The summed E-state index contributed by atoms with van der Waals surface area (Å²) in [6.07, 6.45) is 1.32. The van der Waals surface area contributed by atoms with Crippen LogP contribution in [0.3, 0.4) is 0 Å². The molecule has 0 N–H and O–H groups in total. The second-order valence-corrected chi connectivity index (χ2v) is 7.10. The zero-order valence-corrected chi connectivity index (χ0v) is 12.8. The van der Waals surface area contributed by atoms with Gasteiger partial charge in [0.15, 0.2) is 0 Å². The molecule has 1 aromatic rings. The summed E-state index contributed by atoms with van der Waals surface area (Å²) in [5.41, 5.74) is 0.815. The molecule has 1 aliphatic heterocycles. The Balaban J connectivity index is 2.01. The molecule has 1 amide bonds. The van der Waals surface area contributed by atoms with Gasteiger partial charge in [-0.1, -0.05) is 15.9 Å². The monoisotopic (exact) mass is 347 g/mol. The largest absolute Gasteiger partial charge is 0.312 e. The molecular weight excluding hydrogens is 334 g/mol. The molecule has 1 atom stereocenters. The quantitative estimate of drug-likeness (QED) is 0.778. The molecule has 0 radical (unpaired) electrons. The molecule has 0 aliphatic carbocycles. The average Bonchev–Trinajstić information content (AvgIpc) is 2.68. The summed E-state index contributed by atoms with van der Waals surface area (Å²) >= 11 is 3.34. The molecular formula is C12H14BrNO4S. The fraction of sp³-hybridized carbons (Fsp3) is 0.417. The first kappa shape index (κ1) is 14.5. The van der Waals surface area contributed by atoms with Crippen LogP contribution in [-0.2, 0) is 19.1 Å². The molecule has 2 rings (SSSR count). The third-order valence-electron chi connectivity index (χ3n) is 2.86. The van der Waals surface area contributed by atoms with Crippen molar-refractivity contribution in [2.75, 3.05) is 24.3 Å². The van der Waals surface area contributed by atoms with Gasteiger partial charge in [-0.05, 0) is 24.3 Å². The zero-order chi connectivity index (χ0) is 14.0. The van der Waals surface area contributed by atoms with Gasteiger partial charge in [-0.15, -0.1) is 0 Å². The standard InChI is InChI=1S/C12H14BrNO4S/c1-19(16,17)18-8-9-6-12(15)14(7-9)11-4-2-10(13)3-5-11/h2-5,9H,6-8H2,1H3. The Morgan fingerprint density at radius 1 is 1.37 bits per heavy atom. The molecule has 1 fully saturated rings. The lowest BCUT2D eigenvalue weighted by Crippen LogP contribution is -2.25. The van der Waals surface area contributed by atoms with Gasteiger partial charge in [0.05, 0.1) is 12.9 Å². The third kappa shape index (κ3) is 4.02. The van der Waals surface area contributed by atoms with Gasteiger partial charge >= 0.3 is 0 Å². The molecule has 1 aliphatic rings. The SMILES string of the molecule is CS(=O)(=O)OCC1CC(=O)N(c2ccc(Br)cc2)C1. The number of carbonyl (C=O) groups is 1. The Bertz CT molecular complexity index is 570. The van der Waals surface area contributed by atoms with Gasteiger partial charge < -0.3 is 4.90 Å². The smallest absolute Gasteiger partial charge is 0.264 e. The molecule has 1 aromatic carbocycles. The van der Waals surface area contributed by atoms with Crippen molar-refractivity contribution in [3.63, 3.8) is 0 Å². The first-order valence-electron chi connectivity index (χ1n) is 5.75. The van der Waals surface area contributed by atoms with Crippen LogP contribution in [0, 0.1) is 5.92 Å². The van der Waals surface area contributed by atoms with Crippen molar-refractivity contribution >= 4 is 37.6 Å². The van der Waals surface area contributed by atoms with Gasteiger partial charge in [0, 0.05) is 29.0 Å². The van der Waals surface area contributed by atoms with Crippen LogP contribution >= 0.6 is 15.9 Å². The van der Waals surface area contributed by atoms with E-state index in [-0.39, 0.29) is 18.4 Å². The normalized spacial score (nSPS) is 20.0. The molecule has 1 heterocycles. The van der Waals surface area contributed by atoms with E-state index < -0.39 is 10.1 Å². The minimum absolute atomic E-state index is 0.00979. The summed E-state index contributed by atoms with van der Waals surface area (Å²) in [6.45, 7) is 0.535. The number of hydrogen-bond acceptors (Lipinski definition) is 4. The predicted octanol–water partition coefficient (Wildman–Crippen LogP) is 1.78. The summed E-state index contributed by atoms with van der Waals surface area (Å²) in [5, 5.41) is 0. The minimum Gasteiger partial charge on any atom is -0.312 e. The number of carbonyl (C=O) groups excluding carboxylic acids is 1.